The van der Waals surface area contributed by atoms with Crippen LogP contribution in [0.2, 0.25) is 0 Å². The van der Waals surface area contributed by atoms with E-state index in [2.05, 4.69) is 4.98 Å². The number of imidazole rings is 1. The van der Waals surface area contributed by atoms with Gasteiger partial charge in [-0.25, -0.2) is 9.31 Å². The molecule has 0 atom stereocenters. The molecule has 0 aromatic carbocycles. The molecule has 1 aromatic heterocycles. The van der Waals surface area contributed by atoms with Gasteiger partial charge in [0.15, 0.2) is 5.71 Å². The summed E-state index contributed by atoms with van der Waals surface area (Å²) in [6, 6.07) is 0. The lowest BCUT2D eigenvalue weighted by Gasteiger charge is -1.97. The van der Waals surface area contributed by atoms with Crippen molar-refractivity contribution >= 4 is 17.7 Å². The van der Waals surface area contributed by atoms with Crippen molar-refractivity contribution in [1.29, 1.82) is 0 Å². The molecule has 0 bridgehead atoms. The maximum atomic E-state index is 10.9. The smallest absolute Gasteiger partial charge is 0.434 e. The van der Waals surface area contributed by atoms with Crippen LogP contribution in [0.25, 0.3) is 6.08 Å². The average Bonchev–Trinajstić information content (AvgIpc) is 2.56. The van der Waals surface area contributed by atoms with Gasteiger partial charge in [-0.05, 0) is 11.0 Å². The van der Waals surface area contributed by atoms with E-state index in [9.17, 15) is 15.3 Å². The maximum Gasteiger partial charge on any atom is 0.434 e. The van der Waals surface area contributed by atoms with Gasteiger partial charge >= 0.3 is 5.95 Å². The van der Waals surface area contributed by atoms with E-state index >= 15 is 0 Å². The molecule has 0 unspecified atom stereocenters. The largest absolute Gasteiger partial charge is 0.624 e. The number of nitro groups is 1. The van der Waals surface area contributed by atoms with Crippen molar-refractivity contribution in [2.24, 2.45) is 7.05 Å². The van der Waals surface area contributed by atoms with Gasteiger partial charge in [-0.1, -0.05) is 4.98 Å². The van der Waals surface area contributed by atoms with Gasteiger partial charge in [0.05, 0.1) is 7.05 Å². The molecule has 0 fully saturated rings. The Balaban J connectivity index is 3.00. The standard InChI is InChI=1S/C9H12N4O3/c1-7(12(3)14)4-5-8-6-10-9(11(8)2)13(15)16/h4-6H,1-3H3/b5-4+,12-7-. The Morgan fingerprint density at radius 3 is 2.62 bits per heavy atom. The van der Waals surface area contributed by atoms with Gasteiger partial charge in [0.2, 0.25) is 0 Å². The van der Waals surface area contributed by atoms with Crippen LogP contribution in [0.1, 0.15) is 12.6 Å². The van der Waals surface area contributed by atoms with Crippen LogP contribution in [0.15, 0.2) is 12.3 Å². The summed E-state index contributed by atoms with van der Waals surface area (Å²) < 4.78 is 2.05. The Bertz CT molecular complexity index is 469. The van der Waals surface area contributed by atoms with Gasteiger partial charge in [0.25, 0.3) is 0 Å². The lowest BCUT2D eigenvalue weighted by Crippen LogP contribution is -2.04. The SMILES string of the molecule is CC(/C=C/c1cnc([N+](=O)[O-])n1C)=[N+](\C)[O-]. The monoisotopic (exact) mass is 224 g/mol. The number of rotatable bonds is 3. The Labute approximate surface area is 92.1 Å². The third-order valence-corrected chi connectivity index (χ3v) is 2.15. The van der Waals surface area contributed by atoms with Crippen LogP contribution in [0, 0.1) is 15.3 Å². The topological polar surface area (TPSA) is 87.0 Å². The van der Waals surface area contributed by atoms with Crippen molar-refractivity contribution < 1.29 is 9.66 Å². The molecule has 0 radical (unpaired) electrons. The molecule has 0 aliphatic heterocycles. The Morgan fingerprint density at radius 1 is 1.56 bits per heavy atom. The zero-order valence-electron chi connectivity index (χ0n) is 9.25. The van der Waals surface area contributed by atoms with E-state index in [0.717, 1.165) is 0 Å². The minimum Gasteiger partial charge on any atom is -0.624 e. The first kappa shape index (κ1) is 11.9. The minimum absolute atomic E-state index is 0.229. The molecule has 16 heavy (non-hydrogen) atoms. The number of nitrogens with zero attached hydrogens (tertiary/aromatic N) is 4. The molecule has 86 valence electrons. The van der Waals surface area contributed by atoms with E-state index in [1.165, 1.54) is 17.8 Å². The van der Waals surface area contributed by atoms with Gasteiger partial charge in [0, 0.05) is 13.0 Å². The number of hydrogen-bond donors (Lipinski definition) is 0. The van der Waals surface area contributed by atoms with Crippen molar-refractivity contribution in [3.63, 3.8) is 0 Å². The van der Waals surface area contributed by atoms with Gasteiger partial charge in [-0.15, -0.1) is 0 Å². The highest BCUT2D eigenvalue weighted by Crippen LogP contribution is 2.11. The van der Waals surface area contributed by atoms with Gasteiger partial charge < -0.3 is 15.3 Å². The van der Waals surface area contributed by atoms with E-state index in [1.807, 2.05) is 0 Å². The molecular weight excluding hydrogens is 212 g/mol. The first-order valence-electron chi connectivity index (χ1n) is 4.52. The molecule has 0 spiro atoms. The van der Waals surface area contributed by atoms with Crippen LogP contribution in [0.4, 0.5) is 5.95 Å². The summed E-state index contributed by atoms with van der Waals surface area (Å²) in [5.41, 5.74) is 1.07. The molecule has 7 nitrogen and oxygen atoms in total. The quantitative estimate of drug-likeness (QED) is 0.251. The van der Waals surface area contributed by atoms with Crippen molar-refractivity contribution in [2.75, 3.05) is 7.05 Å². The first-order valence-corrected chi connectivity index (χ1v) is 4.52. The summed E-state index contributed by atoms with van der Waals surface area (Å²) in [5, 5.41) is 21.4. The van der Waals surface area contributed by atoms with Crippen LogP contribution < -0.4 is 0 Å². The third-order valence-electron chi connectivity index (χ3n) is 2.15. The number of hydroxylamine groups is 1. The molecule has 7 heteroatoms. The fourth-order valence-electron chi connectivity index (χ4n) is 1.05. The molecule has 1 rings (SSSR count). The fourth-order valence-corrected chi connectivity index (χ4v) is 1.05. The molecule has 0 saturated carbocycles. The summed E-state index contributed by atoms with van der Waals surface area (Å²) in [7, 11) is 2.92. The number of hydrogen-bond acceptors (Lipinski definition) is 4. The molecule has 1 heterocycles. The minimum atomic E-state index is -0.562. The van der Waals surface area contributed by atoms with Gasteiger partial charge in [-0.3, -0.25) is 0 Å². The Hall–Kier alpha value is -2.18. The van der Waals surface area contributed by atoms with E-state index in [0.29, 0.717) is 16.1 Å². The highest BCUT2D eigenvalue weighted by atomic mass is 16.6. The molecule has 1 aromatic rings. The second-order valence-corrected chi connectivity index (χ2v) is 3.27. The van der Waals surface area contributed by atoms with Crippen molar-refractivity contribution in [1.82, 2.24) is 9.55 Å². The summed E-state index contributed by atoms with van der Waals surface area (Å²) in [6.45, 7) is 1.65. The number of allylic oxidation sites excluding steroid dienone is 1. The summed E-state index contributed by atoms with van der Waals surface area (Å²) >= 11 is 0. The second kappa shape index (κ2) is 4.56. The van der Waals surface area contributed by atoms with Gasteiger partial charge in [-0.2, -0.15) is 0 Å². The van der Waals surface area contributed by atoms with E-state index < -0.39 is 4.92 Å². The van der Waals surface area contributed by atoms with E-state index in [4.69, 9.17) is 0 Å². The van der Waals surface area contributed by atoms with Gasteiger partial charge in [0.1, 0.15) is 18.9 Å². The molecule has 0 N–H and O–H groups in total. The summed E-state index contributed by atoms with van der Waals surface area (Å²) in [5.74, 6) is -0.229. The first-order chi connectivity index (χ1) is 7.43. The third kappa shape index (κ3) is 2.44. The van der Waals surface area contributed by atoms with Crippen LogP contribution in [0.3, 0.4) is 0 Å². The molecule has 0 saturated heterocycles. The highest BCUT2D eigenvalue weighted by molar-refractivity contribution is 5.92. The van der Waals surface area contributed by atoms with E-state index in [-0.39, 0.29) is 5.95 Å². The van der Waals surface area contributed by atoms with Crippen molar-refractivity contribution in [3.8, 4) is 0 Å². The lowest BCUT2D eigenvalue weighted by atomic mass is 10.3. The van der Waals surface area contributed by atoms with Crippen LogP contribution in [0.5, 0.6) is 0 Å². The summed E-state index contributed by atoms with van der Waals surface area (Å²) in [4.78, 5) is 13.6. The second-order valence-electron chi connectivity index (χ2n) is 3.27. The lowest BCUT2D eigenvalue weighted by molar-refractivity contribution is -0.422. The zero-order valence-corrected chi connectivity index (χ0v) is 9.25. The molecule has 0 aliphatic rings. The van der Waals surface area contributed by atoms with Crippen molar-refractivity contribution in [3.05, 3.63) is 33.3 Å². The predicted molar refractivity (Wildman–Crippen MR) is 59.1 cm³/mol. The fraction of sp³-hybridized carbons (Fsp3) is 0.333. The Morgan fingerprint density at radius 2 is 2.19 bits per heavy atom. The predicted octanol–water partition coefficient (Wildman–Crippen LogP) is 0.942. The highest BCUT2D eigenvalue weighted by Gasteiger charge is 2.15. The molecular formula is C9H12N4O3. The van der Waals surface area contributed by atoms with E-state index in [1.54, 1.807) is 26.1 Å². The molecule has 0 aliphatic carbocycles. The van der Waals surface area contributed by atoms with Crippen molar-refractivity contribution in [2.45, 2.75) is 6.92 Å². The summed E-state index contributed by atoms with van der Waals surface area (Å²) in [6.07, 6.45) is 4.56. The maximum absolute atomic E-state index is 10.9. The average molecular weight is 224 g/mol. The normalized spacial score (nSPS) is 12.9. The van der Waals surface area contributed by atoms with Crippen LogP contribution >= 0.6 is 0 Å². The zero-order chi connectivity index (χ0) is 12.3. The Kier molecular flexibility index (Phi) is 3.39. The van der Waals surface area contributed by atoms with Crippen LogP contribution in [-0.2, 0) is 7.05 Å². The van der Waals surface area contributed by atoms with Crippen LogP contribution in [-0.4, -0.2) is 32.0 Å². The molecule has 0 amide bonds. The number of aromatic nitrogens is 2.